The van der Waals surface area contributed by atoms with Crippen LogP contribution >= 0.6 is 0 Å². The molecule has 110 valence electrons. The van der Waals surface area contributed by atoms with E-state index in [-0.39, 0.29) is 11.3 Å². The molecule has 1 heterocycles. The SMILES string of the molecule is CN(C)C1CCN(CCC(=O)c2cc(F)cc(F)c2)C1. The number of carbonyl (C=O) groups excluding carboxylic acids is 1. The zero-order chi connectivity index (χ0) is 14.7. The van der Waals surface area contributed by atoms with Crippen molar-refractivity contribution in [1.29, 1.82) is 0 Å². The molecule has 0 amide bonds. The molecule has 1 aliphatic rings. The van der Waals surface area contributed by atoms with E-state index in [1.54, 1.807) is 0 Å². The average molecular weight is 282 g/mol. The summed E-state index contributed by atoms with van der Waals surface area (Å²) >= 11 is 0. The first-order valence-electron chi connectivity index (χ1n) is 6.84. The Kier molecular flexibility index (Phi) is 4.83. The maximum absolute atomic E-state index is 13.1. The van der Waals surface area contributed by atoms with Crippen molar-refractivity contribution in [3.05, 3.63) is 35.4 Å². The third kappa shape index (κ3) is 3.84. The van der Waals surface area contributed by atoms with Crippen molar-refractivity contribution < 1.29 is 13.6 Å². The van der Waals surface area contributed by atoms with Gasteiger partial charge in [-0.3, -0.25) is 4.79 Å². The molecule has 3 nitrogen and oxygen atoms in total. The summed E-state index contributed by atoms with van der Waals surface area (Å²) in [5.74, 6) is -1.62. The van der Waals surface area contributed by atoms with Crippen LogP contribution in [0.2, 0.25) is 0 Å². The number of Topliss-reactive ketones (excluding diaryl/α,β-unsaturated/α-hetero) is 1. The molecule has 0 saturated carbocycles. The summed E-state index contributed by atoms with van der Waals surface area (Å²) in [5.41, 5.74) is 0.117. The lowest BCUT2D eigenvalue weighted by molar-refractivity contribution is 0.0966. The van der Waals surface area contributed by atoms with E-state index in [0.29, 0.717) is 19.0 Å². The predicted molar refractivity (Wildman–Crippen MR) is 73.8 cm³/mol. The van der Waals surface area contributed by atoms with Gasteiger partial charge in [-0.05, 0) is 39.2 Å². The second-order valence-electron chi connectivity index (χ2n) is 5.54. The van der Waals surface area contributed by atoms with Gasteiger partial charge in [0.2, 0.25) is 0 Å². The van der Waals surface area contributed by atoms with E-state index >= 15 is 0 Å². The third-order valence-electron chi connectivity index (χ3n) is 3.82. The van der Waals surface area contributed by atoms with Crippen LogP contribution in [0.1, 0.15) is 23.2 Å². The number of carbonyl (C=O) groups is 1. The van der Waals surface area contributed by atoms with Crippen LogP contribution in [0.25, 0.3) is 0 Å². The van der Waals surface area contributed by atoms with Crippen molar-refractivity contribution in [3.63, 3.8) is 0 Å². The summed E-state index contributed by atoms with van der Waals surface area (Å²) in [6.07, 6.45) is 1.39. The van der Waals surface area contributed by atoms with Gasteiger partial charge in [0.15, 0.2) is 5.78 Å². The first kappa shape index (κ1) is 15.1. The molecule has 1 aromatic rings. The highest BCUT2D eigenvalue weighted by Gasteiger charge is 2.24. The van der Waals surface area contributed by atoms with Crippen LogP contribution in [0.5, 0.6) is 0 Å². The smallest absolute Gasteiger partial charge is 0.164 e. The lowest BCUT2D eigenvalue weighted by atomic mass is 10.1. The maximum atomic E-state index is 13.1. The largest absolute Gasteiger partial charge is 0.305 e. The molecule has 0 bridgehead atoms. The lowest BCUT2D eigenvalue weighted by Gasteiger charge is -2.20. The van der Waals surface area contributed by atoms with Gasteiger partial charge in [0.25, 0.3) is 0 Å². The molecule has 5 heteroatoms. The Balaban J connectivity index is 1.87. The normalized spacial score (nSPS) is 19.8. The molecule has 0 aromatic heterocycles. The maximum Gasteiger partial charge on any atom is 0.164 e. The molecule has 0 spiro atoms. The van der Waals surface area contributed by atoms with Crippen molar-refractivity contribution >= 4 is 5.78 Å². The molecular formula is C15H20F2N2O. The van der Waals surface area contributed by atoms with Gasteiger partial charge in [-0.25, -0.2) is 8.78 Å². The molecule has 1 aromatic carbocycles. The zero-order valence-corrected chi connectivity index (χ0v) is 11.9. The minimum absolute atomic E-state index is 0.117. The van der Waals surface area contributed by atoms with Crippen molar-refractivity contribution in [1.82, 2.24) is 9.80 Å². The standard InChI is InChI=1S/C15H20F2N2O/c1-18(2)14-3-5-19(10-14)6-4-15(20)11-7-12(16)9-13(17)8-11/h7-9,14H,3-6,10H2,1-2H3. The molecule has 1 atom stereocenters. The minimum Gasteiger partial charge on any atom is -0.305 e. The van der Waals surface area contributed by atoms with Gasteiger partial charge < -0.3 is 9.80 Å². The molecule has 1 saturated heterocycles. The van der Waals surface area contributed by atoms with E-state index in [9.17, 15) is 13.6 Å². The van der Waals surface area contributed by atoms with Gasteiger partial charge in [-0.2, -0.15) is 0 Å². The average Bonchev–Trinajstić information content (AvgIpc) is 2.83. The molecule has 1 unspecified atom stereocenters. The van der Waals surface area contributed by atoms with Crippen molar-refractivity contribution in [3.8, 4) is 0 Å². The number of likely N-dealkylation sites (N-methyl/N-ethyl adjacent to an activating group) is 1. The quantitative estimate of drug-likeness (QED) is 0.773. The van der Waals surface area contributed by atoms with Gasteiger partial charge >= 0.3 is 0 Å². The summed E-state index contributed by atoms with van der Waals surface area (Å²) in [6.45, 7) is 2.55. The predicted octanol–water partition coefficient (Wildman–Crippen LogP) is 2.17. The Morgan fingerprint density at radius 3 is 2.50 bits per heavy atom. The van der Waals surface area contributed by atoms with E-state index in [1.807, 2.05) is 0 Å². The van der Waals surface area contributed by atoms with Gasteiger partial charge in [-0.15, -0.1) is 0 Å². The van der Waals surface area contributed by atoms with E-state index in [2.05, 4.69) is 23.9 Å². The number of ketones is 1. The summed E-state index contributed by atoms with van der Waals surface area (Å²) in [4.78, 5) is 16.4. The van der Waals surface area contributed by atoms with Crippen LogP contribution in [0, 0.1) is 11.6 Å². The Labute approximate surface area is 118 Å². The Hall–Kier alpha value is -1.33. The fourth-order valence-electron chi connectivity index (χ4n) is 2.56. The van der Waals surface area contributed by atoms with Gasteiger partial charge in [0.05, 0.1) is 0 Å². The highest BCUT2D eigenvalue weighted by Crippen LogP contribution is 2.15. The van der Waals surface area contributed by atoms with Crippen molar-refractivity contribution in [2.45, 2.75) is 18.9 Å². The van der Waals surface area contributed by atoms with E-state index in [0.717, 1.165) is 37.7 Å². The fourth-order valence-corrected chi connectivity index (χ4v) is 2.56. The molecular weight excluding hydrogens is 262 g/mol. The number of rotatable bonds is 5. The summed E-state index contributed by atoms with van der Waals surface area (Å²) in [7, 11) is 4.10. The van der Waals surface area contributed by atoms with Crippen molar-refractivity contribution in [2.75, 3.05) is 33.7 Å². The summed E-state index contributed by atoms with van der Waals surface area (Å²) in [6, 6.07) is 3.49. The molecule has 1 aliphatic heterocycles. The zero-order valence-electron chi connectivity index (χ0n) is 11.9. The van der Waals surface area contributed by atoms with Crippen LogP contribution in [0.4, 0.5) is 8.78 Å². The first-order valence-corrected chi connectivity index (χ1v) is 6.84. The highest BCUT2D eigenvalue weighted by molar-refractivity contribution is 5.96. The summed E-state index contributed by atoms with van der Waals surface area (Å²) in [5, 5.41) is 0. The first-order chi connectivity index (χ1) is 9.45. The molecule has 20 heavy (non-hydrogen) atoms. The Morgan fingerprint density at radius 1 is 1.30 bits per heavy atom. The lowest BCUT2D eigenvalue weighted by Crippen LogP contribution is -2.32. The third-order valence-corrected chi connectivity index (χ3v) is 3.82. The van der Waals surface area contributed by atoms with E-state index < -0.39 is 11.6 Å². The van der Waals surface area contributed by atoms with Crippen LogP contribution in [-0.2, 0) is 0 Å². The highest BCUT2D eigenvalue weighted by atomic mass is 19.1. The number of hydrogen-bond donors (Lipinski definition) is 0. The second kappa shape index (κ2) is 6.41. The summed E-state index contributed by atoms with van der Waals surface area (Å²) < 4.78 is 26.1. The molecule has 0 radical (unpaired) electrons. The Morgan fingerprint density at radius 2 is 1.95 bits per heavy atom. The number of benzene rings is 1. The topological polar surface area (TPSA) is 23.6 Å². The minimum atomic E-state index is -0.706. The van der Waals surface area contributed by atoms with E-state index in [1.165, 1.54) is 0 Å². The number of hydrogen-bond acceptors (Lipinski definition) is 3. The number of nitrogens with zero attached hydrogens (tertiary/aromatic N) is 2. The van der Waals surface area contributed by atoms with Gasteiger partial charge in [0, 0.05) is 37.2 Å². The van der Waals surface area contributed by atoms with Crippen LogP contribution in [-0.4, -0.2) is 55.4 Å². The Bertz CT molecular complexity index is 471. The number of likely N-dealkylation sites (tertiary alicyclic amines) is 1. The second-order valence-corrected chi connectivity index (χ2v) is 5.54. The molecule has 1 fully saturated rings. The van der Waals surface area contributed by atoms with Crippen LogP contribution in [0.3, 0.4) is 0 Å². The van der Waals surface area contributed by atoms with Crippen LogP contribution < -0.4 is 0 Å². The molecule has 2 rings (SSSR count). The monoisotopic (exact) mass is 282 g/mol. The molecule has 0 N–H and O–H groups in total. The van der Waals surface area contributed by atoms with Gasteiger partial charge in [0.1, 0.15) is 11.6 Å². The fraction of sp³-hybridized carbons (Fsp3) is 0.533. The van der Waals surface area contributed by atoms with Crippen LogP contribution in [0.15, 0.2) is 18.2 Å². The van der Waals surface area contributed by atoms with Gasteiger partial charge in [-0.1, -0.05) is 0 Å². The van der Waals surface area contributed by atoms with E-state index in [4.69, 9.17) is 0 Å². The van der Waals surface area contributed by atoms with Crippen molar-refractivity contribution in [2.24, 2.45) is 0 Å². The number of halogens is 2. The molecule has 0 aliphatic carbocycles.